The van der Waals surface area contributed by atoms with Crippen molar-refractivity contribution in [2.24, 2.45) is 0 Å². The quantitative estimate of drug-likeness (QED) is 0.691. The minimum Gasteiger partial charge on any atom is -0.445 e. The molecule has 0 unspecified atom stereocenters. The van der Waals surface area contributed by atoms with Gasteiger partial charge < -0.3 is 19.6 Å². The Morgan fingerprint density at radius 2 is 1.76 bits per heavy atom. The molecule has 0 aliphatic rings. The van der Waals surface area contributed by atoms with E-state index in [-0.39, 0.29) is 19.7 Å². The molecule has 7 heteroatoms. The number of carbonyl (C=O) groups is 1. The van der Waals surface area contributed by atoms with Crippen LogP contribution in [0.15, 0.2) is 64.2 Å². The molecule has 0 saturated carbocycles. The maximum atomic E-state index is 12.0. The van der Waals surface area contributed by atoms with E-state index in [1.807, 2.05) is 30.3 Å². The SMILES string of the molecule is O=C(NCCn1c(=O)c(=O)[nH]c2ccccc21)OCc1ccccc1. The zero-order chi connectivity index (χ0) is 17.6. The number of rotatable bonds is 5. The molecule has 1 amide bonds. The third kappa shape index (κ3) is 3.95. The average molecular weight is 339 g/mol. The normalized spacial score (nSPS) is 10.6. The van der Waals surface area contributed by atoms with E-state index in [9.17, 15) is 14.4 Å². The summed E-state index contributed by atoms with van der Waals surface area (Å²) >= 11 is 0. The molecule has 0 spiro atoms. The lowest BCUT2D eigenvalue weighted by atomic mass is 10.2. The topological polar surface area (TPSA) is 93.2 Å². The van der Waals surface area contributed by atoms with Crippen LogP contribution in [-0.4, -0.2) is 22.2 Å². The molecule has 3 rings (SSSR count). The number of ether oxygens (including phenoxy) is 1. The van der Waals surface area contributed by atoms with Gasteiger partial charge in [0.25, 0.3) is 0 Å². The average Bonchev–Trinajstić information content (AvgIpc) is 2.64. The lowest BCUT2D eigenvalue weighted by Crippen LogP contribution is -2.39. The number of para-hydroxylation sites is 2. The number of H-pyrrole nitrogens is 1. The molecular formula is C18H17N3O4. The van der Waals surface area contributed by atoms with Crippen LogP contribution in [0.25, 0.3) is 11.0 Å². The molecule has 0 fully saturated rings. The predicted octanol–water partition coefficient (Wildman–Crippen LogP) is 1.62. The molecule has 25 heavy (non-hydrogen) atoms. The van der Waals surface area contributed by atoms with Gasteiger partial charge in [-0.25, -0.2) is 4.79 Å². The first kappa shape index (κ1) is 16.5. The van der Waals surface area contributed by atoms with E-state index < -0.39 is 17.2 Å². The highest BCUT2D eigenvalue weighted by molar-refractivity contribution is 5.74. The molecule has 3 aromatic rings. The van der Waals surface area contributed by atoms with E-state index in [4.69, 9.17) is 4.74 Å². The molecule has 2 aromatic carbocycles. The largest absolute Gasteiger partial charge is 0.445 e. The van der Waals surface area contributed by atoms with Crippen LogP contribution in [0.4, 0.5) is 4.79 Å². The van der Waals surface area contributed by atoms with Gasteiger partial charge in [0.05, 0.1) is 11.0 Å². The second-order valence-corrected chi connectivity index (χ2v) is 5.42. The highest BCUT2D eigenvalue weighted by Gasteiger charge is 2.08. The Bertz CT molecular complexity index is 992. The Morgan fingerprint density at radius 3 is 2.56 bits per heavy atom. The lowest BCUT2D eigenvalue weighted by molar-refractivity contribution is 0.139. The summed E-state index contributed by atoms with van der Waals surface area (Å²) in [4.78, 5) is 38.0. The second kappa shape index (κ2) is 7.48. The van der Waals surface area contributed by atoms with Gasteiger partial charge in [-0.2, -0.15) is 0 Å². The van der Waals surface area contributed by atoms with Gasteiger partial charge in [0.15, 0.2) is 0 Å². The third-order valence-electron chi connectivity index (χ3n) is 3.70. The van der Waals surface area contributed by atoms with Crippen LogP contribution < -0.4 is 16.4 Å². The first-order valence-electron chi connectivity index (χ1n) is 7.81. The Morgan fingerprint density at radius 1 is 1.04 bits per heavy atom. The predicted molar refractivity (Wildman–Crippen MR) is 93.5 cm³/mol. The highest BCUT2D eigenvalue weighted by Crippen LogP contribution is 2.06. The van der Waals surface area contributed by atoms with E-state index in [0.717, 1.165) is 5.56 Å². The first-order valence-corrected chi connectivity index (χ1v) is 7.81. The fourth-order valence-corrected chi connectivity index (χ4v) is 2.49. The van der Waals surface area contributed by atoms with Crippen LogP contribution in [0, 0.1) is 0 Å². The summed E-state index contributed by atoms with van der Waals surface area (Å²) in [5.74, 6) is 0. The van der Waals surface area contributed by atoms with Crippen LogP contribution in [0.5, 0.6) is 0 Å². The molecule has 0 atom stereocenters. The maximum absolute atomic E-state index is 12.0. The molecule has 1 heterocycles. The summed E-state index contributed by atoms with van der Waals surface area (Å²) in [5.41, 5.74) is 0.711. The number of carbonyl (C=O) groups excluding carboxylic acids is 1. The fourth-order valence-electron chi connectivity index (χ4n) is 2.49. The Labute approximate surface area is 142 Å². The van der Waals surface area contributed by atoms with Gasteiger partial charge in [-0.1, -0.05) is 42.5 Å². The number of benzene rings is 2. The second-order valence-electron chi connectivity index (χ2n) is 5.42. The van der Waals surface area contributed by atoms with Crippen molar-refractivity contribution < 1.29 is 9.53 Å². The van der Waals surface area contributed by atoms with Crippen molar-refractivity contribution >= 4 is 17.1 Å². The van der Waals surface area contributed by atoms with Crippen molar-refractivity contribution in [3.63, 3.8) is 0 Å². The van der Waals surface area contributed by atoms with E-state index in [1.54, 1.807) is 24.3 Å². The smallest absolute Gasteiger partial charge is 0.407 e. The molecule has 0 saturated heterocycles. The highest BCUT2D eigenvalue weighted by atomic mass is 16.5. The van der Waals surface area contributed by atoms with Gasteiger partial charge >= 0.3 is 17.2 Å². The molecule has 7 nitrogen and oxygen atoms in total. The van der Waals surface area contributed by atoms with E-state index in [2.05, 4.69) is 10.3 Å². The molecule has 0 bridgehead atoms. The van der Waals surface area contributed by atoms with Crippen LogP contribution in [0.3, 0.4) is 0 Å². The third-order valence-corrected chi connectivity index (χ3v) is 3.70. The number of hydrogen-bond acceptors (Lipinski definition) is 4. The number of aromatic nitrogens is 2. The van der Waals surface area contributed by atoms with Crippen LogP contribution in [0.1, 0.15) is 5.56 Å². The number of amides is 1. The Kier molecular flexibility index (Phi) is 4.94. The molecule has 128 valence electrons. The summed E-state index contributed by atoms with van der Waals surface area (Å²) in [7, 11) is 0. The summed E-state index contributed by atoms with van der Waals surface area (Å²) in [6.07, 6.45) is -0.578. The van der Waals surface area contributed by atoms with E-state index in [1.165, 1.54) is 4.57 Å². The number of nitrogens with zero attached hydrogens (tertiary/aromatic N) is 1. The Balaban J connectivity index is 1.61. The minimum absolute atomic E-state index is 0.167. The maximum Gasteiger partial charge on any atom is 0.407 e. The molecule has 0 aliphatic heterocycles. The van der Waals surface area contributed by atoms with Gasteiger partial charge in [-0.05, 0) is 17.7 Å². The van der Waals surface area contributed by atoms with Crippen molar-refractivity contribution in [1.82, 2.24) is 14.9 Å². The zero-order valence-electron chi connectivity index (χ0n) is 13.4. The molecular weight excluding hydrogens is 322 g/mol. The molecule has 1 aromatic heterocycles. The summed E-state index contributed by atoms with van der Waals surface area (Å²) < 4.78 is 6.44. The van der Waals surface area contributed by atoms with Crippen molar-refractivity contribution in [2.75, 3.05) is 6.54 Å². The molecule has 0 radical (unpaired) electrons. The first-order chi connectivity index (χ1) is 12.1. The lowest BCUT2D eigenvalue weighted by Gasteiger charge is -2.10. The summed E-state index contributed by atoms with van der Waals surface area (Å²) in [6, 6.07) is 16.3. The molecule has 2 N–H and O–H groups in total. The summed E-state index contributed by atoms with van der Waals surface area (Å²) in [6.45, 7) is 0.505. The molecule has 0 aliphatic carbocycles. The number of nitrogens with one attached hydrogen (secondary N) is 2. The van der Waals surface area contributed by atoms with Gasteiger partial charge in [0, 0.05) is 13.1 Å². The van der Waals surface area contributed by atoms with E-state index >= 15 is 0 Å². The van der Waals surface area contributed by atoms with Crippen LogP contribution >= 0.6 is 0 Å². The standard InChI is InChI=1S/C18H17N3O4/c22-16-17(23)21(15-9-5-4-8-14(15)20-16)11-10-19-18(24)25-12-13-6-2-1-3-7-13/h1-9H,10-12H2,(H,19,24)(H,20,22). The van der Waals surface area contributed by atoms with Crippen molar-refractivity contribution in [1.29, 1.82) is 0 Å². The number of fused-ring (bicyclic) bond motifs is 1. The number of alkyl carbamates (subject to hydrolysis) is 1. The van der Waals surface area contributed by atoms with Gasteiger partial charge in [0.1, 0.15) is 6.61 Å². The summed E-state index contributed by atoms with van der Waals surface area (Å²) in [5, 5.41) is 2.58. The van der Waals surface area contributed by atoms with Crippen LogP contribution in [-0.2, 0) is 17.9 Å². The monoisotopic (exact) mass is 339 g/mol. The van der Waals surface area contributed by atoms with Crippen LogP contribution in [0.2, 0.25) is 0 Å². The zero-order valence-corrected chi connectivity index (χ0v) is 13.4. The van der Waals surface area contributed by atoms with Gasteiger partial charge in [0.2, 0.25) is 0 Å². The number of aromatic amines is 1. The Hall–Kier alpha value is -3.35. The van der Waals surface area contributed by atoms with Gasteiger partial charge in [-0.15, -0.1) is 0 Å². The minimum atomic E-state index is -0.689. The van der Waals surface area contributed by atoms with Crippen molar-refractivity contribution in [3.8, 4) is 0 Å². The van der Waals surface area contributed by atoms with Crippen molar-refractivity contribution in [2.45, 2.75) is 13.2 Å². The van der Waals surface area contributed by atoms with Crippen molar-refractivity contribution in [3.05, 3.63) is 80.9 Å². The van der Waals surface area contributed by atoms with E-state index in [0.29, 0.717) is 11.0 Å². The fraction of sp³-hybridized carbons (Fsp3) is 0.167. The van der Waals surface area contributed by atoms with Gasteiger partial charge in [-0.3, -0.25) is 9.59 Å². The number of hydrogen-bond donors (Lipinski definition) is 2.